The Morgan fingerprint density at radius 3 is 1.84 bits per heavy atom. The molecule has 0 radical (unpaired) electrons. The van der Waals surface area contributed by atoms with Gasteiger partial charge in [0.05, 0.1) is 45.3 Å². The summed E-state index contributed by atoms with van der Waals surface area (Å²) in [6.07, 6.45) is 0.595. The highest BCUT2D eigenvalue weighted by Crippen LogP contribution is 2.27. The lowest BCUT2D eigenvalue weighted by Crippen LogP contribution is -2.58. The maximum atomic E-state index is 6.54. The third-order valence-electron chi connectivity index (χ3n) is 6.31. The largest absolute Gasteiger partial charge is 0.374 e. The van der Waals surface area contributed by atoms with Crippen LogP contribution in [0.1, 0.15) is 16.7 Å². The summed E-state index contributed by atoms with van der Waals surface area (Å²) in [5, 5.41) is 7.19. The van der Waals surface area contributed by atoms with Crippen molar-refractivity contribution in [2.75, 3.05) is 18.5 Å². The van der Waals surface area contributed by atoms with Gasteiger partial charge in [0, 0.05) is 6.07 Å². The zero-order valence-corrected chi connectivity index (χ0v) is 20.6. The molecule has 7 heteroatoms. The van der Waals surface area contributed by atoms with Gasteiger partial charge in [-0.15, -0.1) is 0 Å². The first kappa shape index (κ1) is 25.2. The Morgan fingerprint density at radius 1 is 0.703 bits per heavy atom. The van der Waals surface area contributed by atoms with Crippen LogP contribution in [0.15, 0.2) is 108 Å². The van der Waals surface area contributed by atoms with Gasteiger partial charge in [0.25, 0.3) is 0 Å². The van der Waals surface area contributed by atoms with Crippen LogP contribution in [0, 0.1) is 0 Å². The van der Waals surface area contributed by atoms with Crippen LogP contribution >= 0.6 is 0 Å². The average molecular weight is 501 g/mol. The second kappa shape index (κ2) is 13.2. The summed E-state index contributed by atoms with van der Waals surface area (Å²) in [6.45, 7) is 2.17. The molecule has 1 fully saturated rings. The Kier molecular flexibility index (Phi) is 8.96. The van der Waals surface area contributed by atoms with Crippen molar-refractivity contribution in [3.05, 3.63) is 120 Å². The number of nitrogens with zero attached hydrogens (tertiary/aromatic N) is 1. The Labute approximate surface area is 217 Å². The van der Waals surface area contributed by atoms with Gasteiger partial charge in [-0.3, -0.25) is 0 Å². The van der Waals surface area contributed by atoms with E-state index in [9.17, 15) is 0 Å². The molecule has 1 aliphatic rings. The predicted octanol–water partition coefficient (Wildman–Crippen LogP) is 5.24. The Balaban J connectivity index is 1.33. The molecule has 0 amide bonds. The quantitative estimate of drug-likeness (QED) is 0.285. The molecule has 192 valence electrons. The fraction of sp³-hybridized carbons (Fsp3) is 0.300. The van der Waals surface area contributed by atoms with E-state index in [1.165, 1.54) is 0 Å². The molecule has 1 aliphatic heterocycles. The maximum absolute atomic E-state index is 6.54. The van der Waals surface area contributed by atoms with E-state index in [-0.39, 0.29) is 24.4 Å². The highest BCUT2D eigenvalue weighted by molar-refractivity contribution is 5.30. The molecule has 1 aromatic heterocycles. The SMILES string of the molecule is c1ccc(COC[C@H]2OC[C@@H](Nc3ccno3)[C@@H](OCc3ccccc3)[C@H]2OCc2ccccc2)cc1. The van der Waals surface area contributed by atoms with Crippen LogP contribution < -0.4 is 5.32 Å². The molecule has 4 aromatic rings. The molecular formula is C30H32N2O5. The number of anilines is 1. The summed E-state index contributed by atoms with van der Waals surface area (Å²) in [4.78, 5) is 0. The molecule has 7 nitrogen and oxygen atoms in total. The van der Waals surface area contributed by atoms with Crippen molar-refractivity contribution in [2.24, 2.45) is 0 Å². The Bertz CT molecular complexity index is 1160. The van der Waals surface area contributed by atoms with Gasteiger partial charge in [-0.1, -0.05) is 96.2 Å². The van der Waals surface area contributed by atoms with Crippen LogP contribution in [0.25, 0.3) is 0 Å². The predicted molar refractivity (Wildman–Crippen MR) is 140 cm³/mol. The van der Waals surface area contributed by atoms with Gasteiger partial charge >= 0.3 is 0 Å². The molecule has 0 bridgehead atoms. The minimum absolute atomic E-state index is 0.206. The van der Waals surface area contributed by atoms with E-state index >= 15 is 0 Å². The molecule has 5 rings (SSSR count). The molecular weight excluding hydrogens is 468 g/mol. The molecule has 2 heterocycles. The second-order valence-electron chi connectivity index (χ2n) is 9.02. The van der Waals surface area contributed by atoms with Crippen LogP contribution in [0.4, 0.5) is 5.88 Å². The van der Waals surface area contributed by atoms with Gasteiger partial charge in [0.15, 0.2) is 0 Å². The molecule has 0 spiro atoms. The van der Waals surface area contributed by atoms with E-state index in [0.29, 0.717) is 38.9 Å². The van der Waals surface area contributed by atoms with E-state index in [1.807, 2.05) is 66.7 Å². The summed E-state index contributed by atoms with van der Waals surface area (Å²) in [7, 11) is 0. The molecule has 1 N–H and O–H groups in total. The van der Waals surface area contributed by atoms with Crippen molar-refractivity contribution in [1.82, 2.24) is 5.16 Å². The number of hydrogen-bond donors (Lipinski definition) is 1. The first-order valence-corrected chi connectivity index (χ1v) is 12.6. The average Bonchev–Trinajstić information content (AvgIpc) is 3.47. The van der Waals surface area contributed by atoms with Gasteiger partial charge in [-0.05, 0) is 16.7 Å². The second-order valence-corrected chi connectivity index (χ2v) is 9.02. The third kappa shape index (κ3) is 7.27. The van der Waals surface area contributed by atoms with E-state index in [0.717, 1.165) is 16.7 Å². The fourth-order valence-corrected chi connectivity index (χ4v) is 4.41. The van der Waals surface area contributed by atoms with Gasteiger partial charge in [0.1, 0.15) is 18.3 Å². The number of nitrogens with one attached hydrogen (secondary N) is 1. The van der Waals surface area contributed by atoms with Crippen molar-refractivity contribution >= 4 is 5.88 Å². The lowest BCUT2D eigenvalue weighted by atomic mass is 9.97. The van der Waals surface area contributed by atoms with Crippen LogP contribution in [0.2, 0.25) is 0 Å². The summed E-state index contributed by atoms with van der Waals surface area (Å²) < 4.78 is 30.8. The third-order valence-corrected chi connectivity index (χ3v) is 6.31. The van der Waals surface area contributed by atoms with E-state index in [4.69, 9.17) is 23.5 Å². The van der Waals surface area contributed by atoms with Crippen LogP contribution in [0.3, 0.4) is 0 Å². The number of aromatic nitrogens is 1. The molecule has 4 atom stereocenters. The highest BCUT2D eigenvalue weighted by atomic mass is 16.6. The van der Waals surface area contributed by atoms with Gasteiger partial charge in [0.2, 0.25) is 5.88 Å². The molecule has 1 saturated heterocycles. The van der Waals surface area contributed by atoms with Crippen molar-refractivity contribution in [3.8, 4) is 0 Å². The first-order chi connectivity index (χ1) is 18.3. The molecule has 0 saturated carbocycles. The lowest BCUT2D eigenvalue weighted by Gasteiger charge is -2.42. The van der Waals surface area contributed by atoms with Crippen LogP contribution in [-0.2, 0) is 38.8 Å². The lowest BCUT2D eigenvalue weighted by molar-refractivity contribution is -0.201. The Hall–Kier alpha value is -3.49. The smallest absolute Gasteiger partial charge is 0.224 e. The van der Waals surface area contributed by atoms with E-state index < -0.39 is 0 Å². The molecule has 37 heavy (non-hydrogen) atoms. The number of ether oxygens (including phenoxy) is 4. The molecule has 0 aliphatic carbocycles. The molecule has 3 aromatic carbocycles. The minimum atomic E-state index is -0.381. The van der Waals surface area contributed by atoms with Crippen molar-refractivity contribution in [2.45, 2.75) is 44.2 Å². The maximum Gasteiger partial charge on any atom is 0.224 e. The number of benzene rings is 3. The summed E-state index contributed by atoms with van der Waals surface area (Å²) in [5.41, 5.74) is 3.28. The fourth-order valence-electron chi connectivity index (χ4n) is 4.41. The summed E-state index contributed by atoms with van der Waals surface area (Å²) in [5.74, 6) is 0.558. The van der Waals surface area contributed by atoms with Crippen molar-refractivity contribution in [1.29, 1.82) is 0 Å². The van der Waals surface area contributed by atoms with E-state index in [2.05, 4.69) is 34.7 Å². The van der Waals surface area contributed by atoms with Gasteiger partial charge in [-0.2, -0.15) is 0 Å². The highest BCUT2D eigenvalue weighted by Gasteiger charge is 2.43. The van der Waals surface area contributed by atoms with Gasteiger partial charge < -0.3 is 28.8 Å². The first-order valence-electron chi connectivity index (χ1n) is 12.6. The van der Waals surface area contributed by atoms with Crippen LogP contribution in [-0.4, -0.2) is 42.7 Å². The topological polar surface area (TPSA) is 75.0 Å². The van der Waals surface area contributed by atoms with Crippen molar-refractivity contribution < 1.29 is 23.5 Å². The molecule has 0 unspecified atom stereocenters. The number of rotatable bonds is 12. The zero-order chi connectivity index (χ0) is 25.1. The van der Waals surface area contributed by atoms with E-state index in [1.54, 1.807) is 12.3 Å². The van der Waals surface area contributed by atoms with Crippen LogP contribution in [0.5, 0.6) is 0 Å². The minimum Gasteiger partial charge on any atom is -0.374 e. The monoisotopic (exact) mass is 500 g/mol. The normalized spacial score (nSPS) is 21.5. The van der Waals surface area contributed by atoms with Crippen molar-refractivity contribution in [3.63, 3.8) is 0 Å². The summed E-state index contributed by atoms with van der Waals surface area (Å²) >= 11 is 0. The number of hydrogen-bond acceptors (Lipinski definition) is 7. The standard InChI is InChI=1S/C30H32N2O5/c1-4-10-23(11-5-1)18-33-22-27-30(36-20-25-14-8-3-9-15-25)29(35-19-24-12-6-2-7-13-24)26(21-34-27)32-28-16-17-31-37-28/h1-17,26-27,29-30,32H,18-22H2/t26-,27-,29-,30+/m1/s1. The zero-order valence-electron chi connectivity index (χ0n) is 20.6. The van der Waals surface area contributed by atoms with Gasteiger partial charge in [-0.25, -0.2) is 0 Å². The Morgan fingerprint density at radius 2 is 1.27 bits per heavy atom. The summed E-state index contributed by atoms with van der Waals surface area (Å²) in [6, 6.07) is 31.9.